The summed E-state index contributed by atoms with van der Waals surface area (Å²) in [5.74, 6) is 2.91. The first-order valence-electron chi connectivity index (χ1n) is 22.7. The standard InChI is InChI=1S/C22H22N2.2C19H14N2O.2Pt/c1-15(2)19-9-11-23-21(13-19)17-5-7-18(8-6-17)22-14-20(16(3)4)10-12-24-22;2*22-18-13-7-4-10-15(18)19-20-16-11-5-6-12-17(16)21(19)14-8-2-1-3-9-14;;/h5,8-16H,1-4H3;2*1-13,22H;;/q-2;;;;. The van der Waals surface area contributed by atoms with Crippen molar-refractivity contribution in [1.29, 1.82) is 0 Å². The van der Waals surface area contributed by atoms with Gasteiger partial charge in [-0.15, -0.1) is 0 Å². The van der Waals surface area contributed by atoms with Crippen molar-refractivity contribution < 1.29 is 52.3 Å². The van der Waals surface area contributed by atoms with Crippen LogP contribution >= 0.6 is 0 Å². The van der Waals surface area contributed by atoms with Crippen LogP contribution in [0.2, 0.25) is 0 Å². The van der Waals surface area contributed by atoms with Crippen molar-refractivity contribution in [2.45, 2.75) is 39.5 Å². The molecule has 2 N–H and O–H groups in total. The van der Waals surface area contributed by atoms with Crippen LogP contribution in [0.3, 0.4) is 0 Å². The monoisotopic (exact) mass is 1280 g/mol. The number of para-hydroxylation sites is 8. The number of hydrogen-bond donors (Lipinski definition) is 2. The molecular weight excluding hydrogens is 1230 g/mol. The molecule has 11 aromatic rings. The summed E-state index contributed by atoms with van der Waals surface area (Å²) in [5.41, 5.74) is 13.7. The minimum atomic E-state index is 0. The molecular formula is C60H50N6O2Pt2-2. The molecule has 0 aliphatic rings. The summed E-state index contributed by atoms with van der Waals surface area (Å²) >= 11 is 0. The van der Waals surface area contributed by atoms with E-state index in [2.05, 4.69) is 83.2 Å². The summed E-state index contributed by atoms with van der Waals surface area (Å²) < 4.78 is 4.15. The van der Waals surface area contributed by atoms with E-state index in [9.17, 15) is 10.2 Å². The van der Waals surface area contributed by atoms with Crippen molar-refractivity contribution in [1.82, 2.24) is 29.1 Å². The number of pyridine rings is 2. The summed E-state index contributed by atoms with van der Waals surface area (Å²) in [6.45, 7) is 8.74. The van der Waals surface area contributed by atoms with Crippen LogP contribution in [0.15, 0.2) is 207 Å². The van der Waals surface area contributed by atoms with E-state index in [1.807, 2.05) is 170 Å². The molecule has 0 saturated carbocycles. The van der Waals surface area contributed by atoms with Crippen molar-refractivity contribution in [3.8, 4) is 68.2 Å². The van der Waals surface area contributed by atoms with Gasteiger partial charge in [0, 0.05) is 65.9 Å². The average Bonchev–Trinajstić information content (AvgIpc) is 3.97. The van der Waals surface area contributed by atoms with Gasteiger partial charge in [-0.25, -0.2) is 45.4 Å². The molecule has 0 aliphatic heterocycles. The number of benzene rings is 7. The smallest absolute Gasteiger partial charge is 0.149 e. The van der Waals surface area contributed by atoms with E-state index in [1.54, 1.807) is 12.1 Å². The fourth-order valence-corrected chi connectivity index (χ4v) is 8.00. The Morgan fingerprint density at radius 3 is 1.16 bits per heavy atom. The molecule has 0 spiro atoms. The second-order valence-electron chi connectivity index (χ2n) is 16.9. The maximum absolute atomic E-state index is 10.2. The number of imidazole rings is 2. The molecule has 70 heavy (non-hydrogen) atoms. The molecule has 8 nitrogen and oxygen atoms in total. The number of nitrogens with zero attached hydrogens (tertiary/aromatic N) is 6. The van der Waals surface area contributed by atoms with E-state index in [0.29, 0.717) is 11.8 Å². The zero-order chi connectivity index (χ0) is 47.0. The first-order chi connectivity index (χ1) is 33.2. The van der Waals surface area contributed by atoms with Crippen LogP contribution in [0.4, 0.5) is 0 Å². The number of hydrogen-bond acceptors (Lipinski definition) is 6. The van der Waals surface area contributed by atoms with Gasteiger partial charge < -0.3 is 20.2 Å². The number of aromatic nitrogens is 6. The van der Waals surface area contributed by atoms with Gasteiger partial charge in [0.15, 0.2) is 0 Å². The van der Waals surface area contributed by atoms with Crippen LogP contribution < -0.4 is 0 Å². The van der Waals surface area contributed by atoms with E-state index in [-0.39, 0.29) is 53.6 Å². The summed E-state index contributed by atoms with van der Waals surface area (Å²) in [6.07, 6.45) is 3.72. The SMILES string of the molecule is CC(C)c1ccnc(-c2[c-]cc(-c3cc(C(C)C)ccn3)[c-]c2)c1.Oc1ccccc1-c1nc2ccccc2n1-c1ccccc1.Oc1ccccc1-c1nc2ccccc2n1-c1ccccc1.[Pt].[Pt]. The first-order valence-corrected chi connectivity index (χ1v) is 22.7. The van der Waals surface area contributed by atoms with Crippen LogP contribution in [0.5, 0.6) is 11.5 Å². The van der Waals surface area contributed by atoms with Gasteiger partial charge in [-0.1, -0.05) is 147 Å². The Kier molecular flexibility index (Phi) is 16.9. The third-order valence-corrected chi connectivity index (χ3v) is 11.6. The van der Waals surface area contributed by atoms with Gasteiger partial charge in [-0.05, 0) is 96.8 Å². The third-order valence-electron chi connectivity index (χ3n) is 11.6. The largest absolute Gasteiger partial charge is 0.507 e. The molecule has 0 unspecified atom stereocenters. The molecule has 0 aliphatic carbocycles. The summed E-state index contributed by atoms with van der Waals surface area (Å²) in [5, 5.41) is 20.4. The maximum Gasteiger partial charge on any atom is 0.149 e. The zero-order valence-electron chi connectivity index (χ0n) is 39.0. The molecule has 0 saturated heterocycles. The predicted octanol–water partition coefficient (Wildman–Crippen LogP) is 14.4. The van der Waals surface area contributed by atoms with E-state index >= 15 is 0 Å². The molecule has 7 aromatic carbocycles. The van der Waals surface area contributed by atoms with Gasteiger partial charge in [-0.2, -0.15) is 0 Å². The van der Waals surface area contributed by atoms with Crippen LogP contribution in [-0.4, -0.2) is 39.3 Å². The molecule has 354 valence electrons. The van der Waals surface area contributed by atoms with Gasteiger partial charge in [0.2, 0.25) is 0 Å². The second-order valence-corrected chi connectivity index (χ2v) is 16.9. The Morgan fingerprint density at radius 1 is 0.429 bits per heavy atom. The molecule has 4 heterocycles. The summed E-state index contributed by atoms with van der Waals surface area (Å²) in [7, 11) is 0. The van der Waals surface area contributed by atoms with Gasteiger partial charge >= 0.3 is 0 Å². The van der Waals surface area contributed by atoms with E-state index in [4.69, 9.17) is 9.97 Å². The molecule has 0 fully saturated rings. The number of rotatable bonds is 8. The molecule has 0 atom stereocenters. The molecule has 0 radical (unpaired) electrons. The summed E-state index contributed by atoms with van der Waals surface area (Å²) in [6, 6.07) is 69.6. The molecule has 4 aromatic heterocycles. The quantitative estimate of drug-likeness (QED) is 0.147. The van der Waals surface area contributed by atoms with Gasteiger partial charge in [0.25, 0.3) is 0 Å². The maximum atomic E-state index is 10.2. The van der Waals surface area contributed by atoms with Crippen LogP contribution in [-0.2, 0) is 42.1 Å². The molecule has 0 amide bonds. The first kappa shape index (κ1) is 50.6. The Morgan fingerprint density at radius 2 is 0.786 bits per heavy atom. The van der Waals surface area contributed by atoms with E-state index in [1.165, 1.54) is 11.1 Å². The van der Waals surface area contributed by atoms with Crippen molar-refractivity contribution >= 4 is 22.1 Å². The topological polar surface area (TPSA) is 102 Å². The van der Waals surface area contributed by atoms with E-state index in [0.717, 1.165) is 78.7 Å². The Balaban J connectivity index is 0.000000153. The minimum absolute atomic E-state index is 0. The van der Waals surface area contributed by atoms with Crippen molar-refractivity contribution in [3.05, 3.63) is 230 Å². The minimum Gasteiger partial charge on any atom is -0.507 e. The summed E-state index contributed by atoms with van der Waals surface area (Å²) in [4.78, 5) is 18.4. The zero-order valence-corrected chi connectivity index (χ0v) is 43.5. The van der Waals surface area contributed by atoms with Crippen molar-refractivity contribution in [2.24, 2.45) is 0 Å². The third kappa shape index (κ3) is 11.3. The average molecular weight is 1280 g/mol. The normalized spacial score (nSPS) is 10.7. The fourth-order valence-electron chi connectivity index (χ4n) is 8.00. The number of aromatic hydroxyl groups is 2. The van der Waals surface area contributed by atoms with Crippen molar-refractivity contribution in [2.75, 3.05) is 0 Å². The Hall–Kier alpha value is -7.24. The molecule has 10 heteroatoms. The number of phenols is 2. The van der Waals surface area contributed by atoms with Crippen LogP contribution in [0.25, 0.3) is 78.7 Å². The fraction of sp³-hybridized carbons (Fsp3) is 0.100. The molecule has 0 bridgehead atoms. The van der Waals surface area contributed by atoms with E-state index < -0.39 is 0 Å². The predicted molar refractivity (Wildman–Crippen MR) is 275 cm³/mol. The Labute approximate surface area is 438 Å². The number of fused-ring (bicyclic) bond motifs is 2. The number of phenolic OH excluding ortho intramolecular Hbond substituents is 2. The van der Waals surface area contributed by atoms with Gasteiger partial charge in [0.1, 0.15) is 23.1 Å². The molecule has 11 rings (SSSR count). The van der Waals surface area contributed by atoms with Gasteiger partial charge in [0.05, 0.1) is 33.2 Å². The van der Waals surface area contributed by atoms with Crippen LogP contribution in [0.1, 0.15) is 50.7 Å². The van der Waals surface area contributed by atoms with Crippen LogP contribution in [0, 0.1) is 12.1 Å². The Bertz CT molecular complexity index is 3220. The van der Waals surface area contributed by atoms with Gasteiger partial charge in [-0.3, -0.25) is 9.13 Å². The van der Waals surface area contributed by atoms with Crippen molar-refractivity contribution in [3.63, 3.8) is 0 Å². The second kappa shape index (κ2) is 23.4.